The number of hydrogen-bond donors (Lipinski definition) is 1. The van der Waals surface area contributed by atoms with E-state index in [4.69, 9.17) is 4.74 Å². The van der Waals surface area contributed by atoms with Crippen LogP contribution < -0.4 is 5.32 Å². The second kappa shape index (κ2) is 5.65. The number of nitrogens with one attached hydrogen (secondary N) is 1. The molecule has 0 bridgehead atoms. The number of aryl methyl sites for hydroxylation is 2. The molecule has 4 heteroatoms. The molecule has 0 aromatic carbocycles. The van der Waals surface area contributed by atoms with Crippen molar-refractivity contribution in [2.24, 2.45) is 7.05 Å². The van der Waals surface area contributed by atoms with E-state index in [1.54, 1.807) is 0 Å². The van der Waals surface area contributed by atoms with Gasteiger partial charge >= 0.3 is 0 Å². The lowest BCUT2D eigenvalue weighted by molar-refractivity contribution is 0.0319. The highest BCUT2D eigenvalue weighted by Gasteiger charge is 2.28. The van der Waals surface area contributed by atoms with E-state index < -0.39 is 0 Å². The standard InChI is InChI=1S/C13H23N3O/c1-10-4-7-13(17-10)12(14-2)6-5-11-8-15-16(3)9-11/h8-10,12-14H,4-7H2,1-3H3. The molecule has 2 heterocycles. The molecular formula is C13H23N3O. The Hall–Kier alpha value is -0.870. The third kappa shape index (κ3) is 3.30. The highest BCUT2D eigenvalue weighted by molar-refractivity contribution is 5.04. The van der Waals surface area contributed by atoms with Crippen molar-refractivity contribution in [1.29, 1.82) is 0 Å². The molecule has 1 aliphatic heterocycles. The summed E-state index contributed by atoms with van der Waals surface area (Å²) < 4.78 is 7.78. The van der Waals surface area contributed by atoms with Gasteiger partial charge in [-0.15, -0.1) is 0 Å². The minimum absolute atomic E-state index is 0.381. The van der Waals surface area contributed by atoms with Crippen LogP contribution in [0.1, 0.15) is 31.7 Å². The average molecular weight is 237 g/mol. The zero-order valence-corrected chi connectivity index (χ0v) is 11.0. The smallest absolute Gasteiger partial charge is 0.0732 e. The van der Waals surface area contributed by atoms with Gasteiger partial charge in [0.15, 0.2) is 0 Å². The number of hydrogen-bond acceptors (Lipinski definition) is 3. The highest BCUT2D eigenvalue weighted by Crippen LogP contribution is 2.23. The van der Waals surface area contributed by atoms with Gasteiger partial charge in [0.05, 0.1) is 18.4 Å². The molecule has 1 aromatic heterocycles. The maximum absolute atomic E-state index is 5.92. The summed E-state index contributed by atoms with van der Waals surface area (Å²) in [5, 5.41) is 7.58. The Labute approximate surface area is 103 Å². The van der Waals surface area contributed by atoms with Crippen molar-refractivity contribution in [2.75, 3.05) is 7.05 Å². The number of likely N-dealkylation sites (N-methyl/N-ethyl adjacent to an activating group) is 1. The summed E-state index contributed by atoms with van der Waals surface area (Å²) in [5.41, 5.74) is 1.30. The molecule has 0 spiro atoms. The lowest BCUT2D eigenvalue weighted by Crippen LogP contribution is -2.38. The molecule has 2 rings (SSSR count). The van der Waals surface area contributed by atoms with E-state index in [0.29, 0.717) is 18.2 Å². The zero-order valence-electron chi connectivity index (χ0n) is 11.0. The molecule has 0 aliphatic carbocycles. The summed E-state index contributed by atoms with van der Waals surface area (Å²) in [5.74, 6) is 0. The summed E-state index contributed by atoms with van der Waals surface area (Å²) >= 11 is 0. The van der Waals surface area contributed by atoms with Crippen molar-refractivity contribution >= 4 is 0 Å². The molecule has 3 atom stereocenters. The van der Waals surface area contributed by atoms with E-state index in [-0.39, 0.29) is 0 Å². The summed E-state index contributed by atoms with van der Waals surface area (Å²) in [6.45, 7) is 2.16. The Bertz CT molecular complexity index is 350. The molecule has 1 aliphatic rings. The van der Waals surface area contributed by atoms with Gasteiger partial charge in [0.2, 0.25) is 0 Å². The van der Waals surface area contributed by atoms with Crippen molar-refractivity contribution in [1.82, 2.24) is 15.1 Å². The zero-order chi connectivity index (χ0) is 12.3. The van der Waals surface area contributed by atoms with Crippen LogP contribution in [0.4, 0.5) is 0 Å². The first-order valence-electron chi connectivity index (χ1n) is 6.49. The fourth-order valence-corrected chi connectivity index (χ4v) is 2.57. The van der Waals surface area contributed by atoms with Gasteiger partial charge < -0.3 is 10.1 Å². The van der Waals surface area contributed by atoms with Crippen LogP contribution in [0.25, 0.3) is 0 Å². The van der Waals surface area contributed by atoms with E-state index in [1.807, 2.05) is 25.0 Å². The van der Waals surface area contributed by atoms with Gasteiger partial charge in [-0.05, 0) is 45.2 Å². The molecule has 4 nitrogen and oxygen atoms in total. The van der Waals surface area contributed by atoms with Gasteiger partial charge in [-0.3, -0.25) is 4.68 Å². The van der Waals surface area contributed by atoms with Gasteiger partial charge in [0.25, 0.3) is 0 Å². The molecule has 0 saturated carbocycles. The maximum atomic E-state index is 5.92. The molecule has 3 unspecified atom stereocenters. The summed E-state index contributed by atoms with van der Waals surface area (Å²) in [4.78, 5) is 0. The van der Waals surface area contributed by atoms with E-state index >= 15 is 0 Å². The second-order valence-electron chi connectivity index (χ2n) is 5.02. The normalized spacial score (nSPS) is 26.3. The Morgan fingerprint density at radius 2 is 2.41 bits per heavy atom. The Morgan fingerprint density at radius 1 is 1.59 bits per heavy atom. The monoisotopic (exact) mass is 237 g/mol. The van der Waals surface area contributed by atoms with Crippen molar-refractivity contribution in [3.63, 3.8) is 0 Å². The molecule has 1 aromatic rings. The molecule has 1 saturated heterocycles. The van der Waals surface area contributed by atoms with Crippen LogP contribution in [-0.4, -0.2) is 35.1 Å². The molecule has 1 fully saturated rings. The minimum Gasteiger partial charge on any atom is -0.374 e. The van der Waals surface area contributed by atoms with E-state index in [2.05, 4.69) is 23.5 Å². The first-order chi connectivity index (χ1) is 8.19. The number of aromatic nitrogens is 2. The van der Waals surface area contributed by atoms with Crippen LogP contribution in [-0.2, 0) is 18.2 Å². The summed E-state index contributed by atoms with van der Waals surface area (Å²) in [7, 11) is 3.99. The quantitative estimate of drug-likeness (QED) is 0.843. The summed E-state index contributed by atoms with van der Waals surface area (Å²) in [6, 6.07) is 0.458. The molecule has 0 amide bonds. The predicted octanol–water partition coefficient (Wildman–Crippen LogP) is 1.51. The van der Waals surface area contributed by atoms with Crippen LogP contribution in [0.15, 0.2) is 12.4 Å². The van der Waals surface area contributed by atoms with E-state index in [1.165, 1.54) is 18.4 Å². The maximum Gasteiger partial charge on any atom is 0.0732 e. The fourth-order valence-electron chi connectivity index (χ4n) is 2.57. The Morgan fingerprint density at radius 3 is 2.94 bits per heavy atom. The van der Waals surface area contributed by atoms with Crippen molar-refractivity contribution < 1.29 is 4.74 Å². The van der Waals surface area contributed by atoms with Crippen LogP contribution in [0, 0.1) is 0 Å². The first kappa shape index (κ1) is 12.6. The Kier molecular flexibility index (Phi) is 4.18. The summed E-state index contributed by atoms with van der Waals surface area (Å²) in [6.07, 6.45) is 9.39. The van der Waals surface area contributed by atoms with Gasteiger partial charge in [-0.2, -0.15) is 5.10 Å². The molecule has 1 N–H and O–H groups in total. The van der Waals surface area contributed by atoms with E-state index in [0.717, 1.165) is 12.8 Å². The number of rotatable bonds is 5. The van der Waals surface area contributed by atoms with Crippen LogP contribution in [0.3, 0.4) is 0 Å². The third-order valence-electron chi connectivity index (χ3n) is 3.59. The van der Waals surface area contributed by atoms with Crippen molar-refractivity contribution in [2.45, 2.75) is 50.9 Å². The highest BCUT2D eigenvalue weighted by atomic mass is 16.5. The third-order valence-corrected chi connectivity index (χ3v) is 3.59. The van der Waals surface area contributed by atoms with Gasteiger partial charge in [0.1, 0.15) is 0 Å². The first-order valence-corrected chi connectivity index (χ1v) is 6.49. The van der Waals surface area contributed by atoms with E-state index in [9.17, 15) is 0 Å². The number of nitrogens with zero attached hydrogens (tertiary/aromatic N) is 2. The average Bonchev–Trinajstić information content (AvgIpc) is 2.89. The largest absolute Gasteiger partial charge is 0.374 e. The molecule has 0 radical (unpaired) electrons. The molecule has 17 heavy (non-hydrogen) atoms. The fraction of sp³-hybridized carbons (Fsp3) is 0.769. The second-order valence-corrected chi connectivity index (χ2v) is 5.02. The number of ether oxygens (including phenoxy) is 1. The van der Waals surface area contributed by atoms with Crippen molar-refractivity contribution in [3.05, 3.63) is 18.0 Å². The van der Waals surface area contributed by atoms with Crippen LogP contribution in [0.2, 0.25) is 0 Å². The molecular weight excluding hydrogens is 214 g/mol. The van der Waals surface area contributed by atoms with Crippen molar-refractivity contribution in [3.8, 4) is 0 Å². The van der Waals surface area contributed by atoms with Crippen LogP contribution in [0.5, 0.6) is 0 Å². The Balaban J connectivity index is 1.83. The lowest BCUT2D eigenvalue weighted by atomic mass is 10.0. The SMILES string of the molecule is CNC(CCc1cnn(C)c1)C1CCC(C)O1. The predicted molar refractivity (Wildman–Crippen MR) is 67.9 cm³/mol. The molecule has 96 valence electrons. The minimum atomic E-state index is 0.381. The van der Waals surface area contributed by atoms with Gasteiger partial charge in [-0.1, -0.05) is 0 Å². The lowest BCUT2D eigenvalue weighted by Gasteiger charge is -2.22. The van der Waals surface area contributed by atoms with Gasteiger partial charge in [-0.25, -0.2) is 0 Å². The van der Waals surface area contributed by atoms with Gasteiger partial charge in [0, 0.05) is 19.3 Å². The van der Waals surface area contributed by atoms with Crippen LogP contribution >= 0.6 is 0 Å². The topological polar surface area (TPSA) is 39.1 Å².